The highest BCUT2D eigenvalue weighted by molar-refractivity contribution is 7.99. The zero-order valence-corrected chi connectivity index (χ0v) is 56.8. The highest BCUT2D eigenvalue weighted by atomic mass is 32.2. The SMILES string of the molecule is c1ccc2c(c1)Sc1cc3c(cc1C21c2ccccc2-c2ccccc21)c1c2ccccc2ccc1n3-c1ccc2c(c1)sc1cc(-c3ccc4ccc5c(c4c3)c3cc4c(cc3n5-c3ccc5sc6ccccc6c5c3)Sc3ccccc3C43c4ccccc4-c4ccccc43)ccc12. The Bertz CT molecular complexity index is 7040. The molecule has 462 valence electrons. The molecule has 0 atom stereocenters. The molecule has 16 aromatic carbocycles. The lowest BCUT2D eigenvalue weighted by atomic mass is 9.67. The topological polar surface area (TPSA) is 9.86 Å². The number of hydrogen-bond acceptors (Lipinski definition) is 4. The van der Waals surface area contributed by atoms with E-state index < -0.39 is 10.8 Å². The Labute approximate surface area is 591 Å². The highest BCUT2D eigenvalue weighted by Crippen LogP contribution is 2.65. The predicted molar refractivity (Wildman–Crippen MR) is 424 cm³/mol. The van der Waals surface area contributed by atoms with Crippen molar-refractivity contribution >= 4 is 152 Å². The molecule has 4 aliphatic rings. The van der Waals surface area contributed by atoms with Crippen LogP contribution in [0.25, 0.3) is 150 Å². The summed E-state index contributed by atoms with van der Waals surface area (Å²) in [5.74, 6) is 0. The Morgan fingerprint density at radius 1 is 0.220 bits per heavy atom. The molecule has 0 fully saturated rings. The number of benzene rings is 16. The van der Waals surface area contributed by atoms with Crippen molar-refractivity contribution < 1.29 is 0 Å². The summed E-state index contributed by atoms with van der Waals surface area (Å²) < 4.78 is 10.3. The molecule has 100 heavy (non-hydrogen) atoms. The van der Waals surface area contributed by atoms with Crippen molar-refractivity contribution in [3.05, 3.63) is 360 Å². The maximum absolute atomic E-state index is 2.62. The molecule has 0 unspecified atom stereocenters. The number of aromatic nitrogens is 2. The average Bonchev–Trinajstić information content (AvgIpc) is 1.50. The lowest BCUT2D eigenvalue weighted by Gasteiger charge is -2.39. The first-order valence-corrected chi connectivity index (χ1v) is 37.7. The third-order valence-electron chi connectivity index (χ3n) is 23.0. The van der Waals surface area contributed by atoms with Crippen LogP contribution >= 0.6 is 46.2 Å². The van der Waals surface area contributed by atoms with Gasteiger partial charge in [-0.15, -0.1) is 22.7 Å². The van der Waals surface area contributed by atoms with Gasteiger partial charge in [0.05, 0.1) is 32.9 Å². The molecule has 6 heterocycles. The zero-order valence-electron chi connectivity index (χ0n) is 53.5. The van der Waals surface area contributed by atoms with Crippen molar-refractivity contribution in [1.82, 2.24) is 9.13 Å². The van der Waals surface area contributed by atoms with Crippen LogP contribution < -0.4 is 0 Å². The maximum atomic E-state index is 2.62. The lowest BCUT2D eigenvalue weighted by Crippen LogP contribution is -2.31. The second-order valence-corrected chi connectivity index (χ2v) is 32.0. The summed E-state index contributed by atoms with van der Waals surface area (Å²) in [6.45, 7) is 0. The standard InChI is InChI=1S/C94H52N2S4/c1-2-18-59-53(17-1)36-42-79-91(59)69-49-77-89(98-85-31-15-12-28-75(85)93(77)71-24-8-3-19-60(71)61-20-4-9-25-72(61)93)51-81(69)96(79)58-38-41-66-65-40-35-56(46-87(65)100-88(66)48-58)55-34-33-54-37-43-80-92(67(54)45-55)70-50-78-90(52-82(70)95(80)57-39-44-84-68(47-57)64-23-7-14-30-83(64)97-84)99-86-32-16-13-29-76(86)94(78)73-26-10-5-21-62(73)63-22-6-11-27-74(63)94/h1-52H. The van der Waals surface area contributed by atoms with Crippen LogP contribution in [-0.4, -0.2) is 9.13 Å². The number of fused-ring (bicyclic) bond motifs is 34. The van der Waals surface area contributed by atoms with Crippen molar-refractivity contribution in [1.29, 1.82) is 0 Å². The Kier molecular flexibility index (Phi) is 10.8. The van der Waals surface area contributed by atoms with Gasteiger partial charge in [-0.3, -0.25) is 0 Å². The molecule has 2 nitrogen and oxygen atoms in total. The Morgan fingerprint density at radius 3 is 1.25 bits per heavy atom. The van der Waals surface area contributed by atoms with Crippen LogP contribution in [-0.2, 0) is 10.8 Å². The van der Waals surface area contributed by atoms with Gasteiger partial charge in [0, 0.05) is 92.8 Å². The number of rotatable bonds is 3. The van der Waals surface area contributed by atoms with Crippen molar-refractivity contribution in [3.63, 3.8) is 0 Å². The van der Waals surface area contributed by atoms with Gasteiger partial charge in [-0.2, -0.15) is 0 Å². The molecule has 0 bridgehead atoms. The highest BCUT2D eigenvalue weighted by Gasteiger charge is 2.52. The summed E-state index contributed by atoms with van der Waals surface area (Å²) in [5, 5.41) is 15.3. The van der Waals surface area contributed by atoms with E-state index in [0.29, 0.717) is 0 Å². The summed E-state index contributed by atoms with van der Waals surface area (Å²) in [6.07, 6.45) is 0. The average molecular weight is 1340 g/mol. The molecule has 6 heteroatoms. The van der Waals surface area contributed by atoms with E-state index >= 15 is 0 Å². The molecule has 0 amide bonds. The molecule has 4 aromatic heterocycles. The van der Waals surface area contributed by atoms with E-state index in [2.05, 4.69) is 325 Å². The van der Waals surface area contributed by atoms with E-state index in [9.17, 15) is 0 Å². The zero-order chi connectivity index (χ0) is 64.8. The van der Waals surface area contributed by atoms with E-state index in [4.69, 9.17) is 0 Å². The summed E-state index contributed by atoms with van der Waals surface area (Å²) in [7, 11) is 0. The van der Waals surface area contributed by atoms with Crippen LogP contribution in [0.4, 0.5) is 0 Å². The van der Waals surface area contributed by atoms with Gasteiger partial charge in [0.2, 0.25) is 0 Å². The van der Waals surface area contributed by atoms with Crippen LogP contribution in [0, 0.1) is 0 Å². The minimum atomic E-state index is -0.511. The summed E-state index contributed by atoms with van der Waals surface area (Å²) in [6, 6.07) is 121. The van der Waals surface area contributed by atoms with Crippen molar-refractivity contribution in [2.75, 3.05) is 0 Å². The van der Waals surface area contributed by atoms with Gasteiger partial charge < -0.3 is 9.13 Å². The van der Waals surface area contributed by atoms with Crippen molar-refractivity contribution in [3.8, 4) is 44.8 Å². The Balaban J connectivity index is 0.697. The molecule has 2 aliphatic carbocycles. The first-order chi connectivity index (χ1) is 49.5. The third kappa shape index (κ3) is 6.97. The number of hydrogen-bond donors (Lipinski definition) is 0. The van der Waals surface area contributed by atoms with E-state index in [1.807, 2.05) is 46.2 Å². The van der Waals surface area contributed by atoms with Gasteiger partial charge in [-0.05, 0) is 196 Å². The second-order valence-electron chi connectivity index (χ2n) is 27.6. The summed E-state index contributed by atoms with van der Waals surface area (Å²) >= 11 is 7.63. The van der Waals surface area contributed by atoms with Gasteiger partial charge in [0.25, 0.3) is 0 Å². The van der Waals surface area contributed by atoms with Crippen LogP contribution in [0.3, 0.4) is 0 Å². The number of nitrogens with zero attached hydrogens (tertiary/aromatic N) is 2. The van der Waals surface area contributed by atoms with Crippen LogP contribution in [0.5, 0.6) is 0 Å². The first-order valence-electron chi connectivity index (χ1n) is 34.4. The fourth-order valence-electron chi connectivity index (χ4n) is 19.0. The van der Waals surface area contributed by atoms with Crippen LogP contribution in [0.2, 0.25) is 0 Å². The van der Waals surface area contributed by atoms with Crippen molar-refractivity contribution in [2.24, 2.45) is 0 Å². The number of thiophene rings is 2. The predicted octanol–water partition coefficient (Wildman–Crippen LogP) is 26.2. The van der Waals surface area contributed by atoms with E-state index in [0.717, 1.165) is 0 Å². The first kappa shape index (κ1) is 54.7. The van der Waals surface area contributed by atoms with Gasteiger partial charge in [0.15, 0.2) is 0 Å². The fraction of sp³-hybridized carbons (Fsp3) is 0.0213. The second kappa shape index (κ2) is 19.8. The lowest BCUT2D eigenvalue weighted by molar-refractivity contribution is 0.724. The molecular formula is C94H52N2S4. The smallest absolute Gasteiger partial charge is 0.0735 e. The largest absolute Gasteiger partial charge is 0.309 e. The molecule has 24 rings (SSSR count). The molecule has 0 radical (unpaired) electrons. The summed E-state index contributed by atoms with van der Waals surface area (Å²) in [4.78, 5) is 5.20. The molecule has 0 N–H and O–H groups in total. The normalized spacial score (nSPS) is 14.3. The molecule has 2 aliphatic heterocycles. The van der Waals surface area contributed by atoms with Gasteiger partial charge in [-0.25, -0.2) is 0 Å². The van der Waals surface area contributed by atoms with Crippen LogP contribution in [0.15, 0.2) is 335 Å². The fourth-order valence-corrected chi connectivity index (χ4v) is 23.7. The summed E-state index contributed by atoms with van der Waals surface area (Å²) in [5.41, 5.74) is 24.7. The molecular weight excluding hydrogens is 1290 g/mol. The van der Waals surface area contributed by atoms with E-state index in [1.54, 1.807) is 0 Å². The monoisotopic (exact) mass is 1340 g/mol. The Morgan fingerprint density at radius 2 is 0.640 bits per heavy atom. The third-order valence-corrected chi connectivity index (χ3v) is 27.5. The maximum Gasteiger partial charge on any atom is 0.0735 e. The van der Waals surface area contributed by atoms with Crippen molar-refractivity contribution in [2.45, 2.75) is 30.4 Å². The molecule has 2 spiro atoms. The minimum Gasteiger partial charge on any atom is -0.309 e. The van der Waals surface area contributed by atoms with E-state index in [-0.39, 0.29) is 0 Å². The van der Waals surface area contributed by atoms with Gasteiger partial charge in [0.1, 0.15) is 0 Å². The molecule has 20 aromatic rings. The van der Waals surface area contributed by atoms with Gasteiger partial charge >= 0.3 is 0 Å². The molecule has 0 saturated heterocycles. The van der Waals surface area contributed by atoms with Gasteiger partial charge in [-0.1, -0.05) is 242 Å². The van der Waals surface area contributed by atoms with Crippen LogP contribution in [0.1, 0.15) is 44.5 Å². The molecule has 0 saturated carbocycles. The Hall–Kier alpha value is -11.2. The minimum absolute atomic E-state index is 0.476. The quantitative estimate of drug-likeness (QED) is 0.174. The van der Waals surface area contributed by atoms with E-state index in [1.165, 1.54) is 214 Å².